The third-order valence-corrected chi connectivity index (χ3v) is 7.51. The number of ether oxygens (including phenoxy) is 1. The van der Waals surface area contributed by atoms with Gasteiger partial charge in [0.2, 0.25) is 10.0 Å². The Morgan fingerprint density at radius 3 is 2.29 bits per heavy atom. The number of aromatic nitrogens is 2. The molecule has 3 aromatic rings. The van der Waals surface area contributed by atoms with Gasteiger partial charge in [-0.1, -0.05) is 56.3 Å². The molecule has 2 atom stereocenters. The van der Waals surface area contributed by atoms with Gasteiger partial charge in [-0.15, -0.1) is 0 Å². The molecule has 0 aliphatic carbocycles. The van der Waals surface area contributed by atoms with E-state index in [9.17, 15) is 23.1 Å². The molecule has 0 saturated carbocycles. The minimum atomic E-state index is -4.00. The van der Waals surface area contributed by atoms with E-state index in [1.807, 2.05) is 44.2 Å². The Labute approximate surface area is 222 Å². The summed E-state index contributed by atoms with van der Waals surface area (Å²) in [6.45, 7) is 3.56. The van der Waals surface area contributed by atoms with Crippen molar-refractivity contribution in [3.05, 3.63) is 90.0 Å². The highest BCUT2D eigenvalue weighted by atomic mass is 32.2. The van der Waals surface area contributed by atoms with Crippen LogP contribution in [0.4, 0.5) is 4.79 Å². The van der Waals surface area contributed by atoms with Crippen molar-refractivity contribution in [1.82, 2.24) is 19.6 Å². The average Bonchev–Trinajstić information content (AvgIpc) is 2.92. The van der Waals surface area contributed by atoms with Crippen molar-refractivity contribution in [3.63, 3.8) is 0 Å². The zero-order chi connectivity index (χ0) is 27.5. The van der Waals surface area contributed by atoms with Crippen molar-refractivity contribution in [1.29, 1.82) is 0 Å². The van der Waals surface area contributed by atoms with E-state index in [0.29, 0.717) is 17.4 Å². The molecule has 2 N–H and O–H groups in total. The molecule has 0 saturated heterocycles. The molecule has 10 nitrogen and oxygen atoms in total. The van der Waals surface area contributed by atoms with Gasteiger partial charge in [0, 0.05) is 36.6 Å². The molecule has 1 heterocycles. The van der Waals surface area contributed by atoms with E-state index in [-0.39, 0.29) is 36.9 Å². The molecule has 202 valence electrons. The Morgan fingerprint density at radius 1 is 1.03 bits per heavy atom. The Kier molecular flexibility index (Phi) is 10.5. The van der Waals surface area contributed by atoms with Crippen LogP contribution in [0.1, 0.15) is 35.3 Å². The summed E-state index contributed by atoms with van der Waals surface area (Å²) in [7, 11) is -4.00. The highest BCUT2D eigenvalue weighted by Crippen LogP contribution is 2.19. The minimum Gasteiger partial charge on any atom is -0.445 e. The number of nitrogens with zero attached hydrogens (tertiary/aromatic N) is 3. The van der Waals surface area contributed by atoms with E-state index in [1.54, 1.807) is 0 Å². The third kappa shape index (κ3) is 8.44. The summed E-state index contributed by atoms with van der Waals surface area (Å²) in [6.07, 6.45) is 3.26. The predicted octanol–water partition coefficient (Wildman–Crippen LogP) is 2.83. The van der Waals surface area contributed by atoms with Gasteiger partial charge in [0.1, 0.15) is 19.2 Å². The SMILES string of the molecule is CC(C)CN(C[C@@H](O)[C@H](Cc1ccccc1)NC(=O)OCc1cncnc1)S(=O)(=O)c1ccc(C=O)cc1. The number of rotatable bonds is 13. The fraction of sp³-hybridized carbons (Fsp3) is 0.333. The Bertz CT molecular complexity index is 1270. The van der Waals surface area contributed by atoms with E-state index < -0.39 is 28.3 Å². The number of carbonyl (C=O) groups is 2. The molecule has 1 aromatic heterocycles. The van der Waals surface area contributed by atoms with E-state index in [1.165, 1.54) is 47.3 Å². The molecule has 11 heteroatoms. The van der Waals surface area contributed by atoms with Crippen LogP contribution < -0.4 is 5.32 Å². The summed E-state index contributed by atoms with van der Waals surface area (Å²) in [5.41, 5.74) is 1.79. The monoisotopic (exact) mass is 540 g/mol. The van der Waals surface area contributed by atoms with Crippen LogP contribution in [0, 0.1) is 5.92 Å². The number of hydrogen-bond donors (Lipinski definition) is 2. The fourth-order valence-electron chi connectivity index (χ4n) is 3.78. The van der Waals surface area contributed by atoms with Crippen LogP contribution in [0.15, 0.2) is 78.2 Å². The molecular formula is C27H32N4O6S. The highest BCUT2D eigenvalue weighted by molar-refractivity contribution is 7.89. The molecule has 0 bridgehead atoms. The molecular weight excluding hydrogens is 508 g/mol. The van der Waals surface area contributed by atoms with Crippen LogP contribution in [-0.4, -0.2) is 65.4 Å². The van der Waals surface area contributed by atoms with Gasteiger partial charge in [0.15, 0.2) is 0 Å². The summed E-state index contributed by atoms with van der Waals surface area (Å²) in [5.74, 6) is -0.0372. The van der Waals surface area contributed by atoms with Crippen molar-refractivity contribution < 1.29 is 27.9 Å². The number of aliphatic hydroxyl groups is 1. The Morgan fingerprint density at radius 2 is 1.68 bits per heavy atom. The second-order valence-corrected chi connectivity index (χ2v) is 11.2. The van der Waals surface area contributed by atoms with Crippen LogP contribution in [0.2, 0.25) is 0 Å². The lowest BCUT2D eigenvalue weighted by molar-refractivity contribution is 0.0872. The number of amides is 1. The zero-order valence-electron chi connectivity index (χ0n) is 21.3. The van der Waals surface area contributed by atoms with E-state index in [4.69, 9.17) is 4.74 Å². The number of hydrogen-bond acceptors (Lipinski definition) is 8. The van der Waals surface area contributed by atoms with Crippen LogP contribution >= 0.6 is 0 Å². The molecule has 2 aromatic carbocycles. The van der Waals surface area contributed by atoms with Gasteiger partial charge < -0.3 is 15.2 Å². The number of sulfonamides is 1. The first-order valence-corrected chi connectivity index (χ1v) is 13.6. The second kappa shape index (κ2) is 13.8. The number of aldehydes is 1. The van der Waals surface area contributed by atoms with E-state index in [2.05, 4.69) is 15.3 Å². The lowest BCUT2D eigenvalue weighted by Gasteiger charge is -2.30. The van der Waals surface area contributed by atoms with E-state index >= 15 is 0 Å². The van der Waals surface area contributed by atoms with Crippen molar-refractivity contribution in [2.75, 3.05) is 13.1 Å². The summed E-state index contributed by atoms with van der Waals surface area (Å²) < 4.78 is 33.4. The molecule has 0 aliphatic heterocycles. The third-order valence-electron chi connectivity index (χ3n) is 5.66. The average molecular weight is 541 g/mol. The summed E-state index contributed by atoms with van der Waals surface area (Å²) in [6, 6.07) is 14.0. The molecule has 1 amide bonds. The molecule has 0 radical (unpaired) electrons. The number of alkyl carbamates (subject to hydrolysis) is 1. The van der Waals surface area contributed by atoms with Gasteiger partial charge in [0.25, 0.3) is 0 Å². The lowest BCUT2D eigenvalue weighted by atomic mass is 10.0. The largest absolute Gasteiger partial charge is 0.445 e. The first kappa shape index (κ1) is 28.9. The van der Waals surface area contributed by atoms with Gasteiger partial charge in [0.05, 0.1) is 17.0 Å². The maximum absolute atomic E-state index is 13.5. The molecule has 0 unspecified atom stereocenters. The molecule has 38 heavy (non-hydrogen) atoms. The standard InChI is InChI=1S/C27H32N4O6S/c1-20(2)15-31(38(35,36)24-10-8-22(17-32)9-11-24)16-26(33)25(12-21-6-4-3-5-7-21)30-27(34)37-18-23-13-28-19-29-14-23/h3-11,13-14,17,19-20,25-26,33H,12,15-16,18H2,1-2H3,(H,30,34)/t25-,26+/m0/s1. The van der Waals surface area contributed by atoms with Crippen molar-refractivity contribution in [3.8, 4) is 0 Å². The smallest absolute Gasteiger partial charge is 0.407 e. The van der Waals surface area contributed by atoms with Crippen LogP contribution in [0.5, 0.6) is 0 Å². The second-order valence-electron chi connectivity index (χ2n) is 9.23. The fourth-order valence-corrected chi connectivity index (χ4v) is 5.40. The number of carbonyl (C=O) groups excluding carboxylic acids is 2. The van der Waals surface area contributed by atoms with E-state index in [0.717, 1.165) is 5.56 Å². The molecule has 0 aliphatic rings. The quantitative estimate of drug-likeness (QED) is 0.316. The van der Waals surface area contributed by atoms with Gasteiger partial charge in [-0.3, -0.25) is 4.79 Å². The first-order valence-electron chi connectivity index (χ1n) is 12.1. The predicted molar refractivity (Wildman–Crippen MR) is 141 cm³/mol. The number of nitrogens with one attached hydrogen (secondary N) is 1. The maximum Gasteiger partial charge on any atom is 0.407 e. The number of aliphatic hydroxyl groups excluding tert-OH is 1. The van der Waals surface area contributed by atoms with Crippen LogP contribution in [-0.2, 0) is 27.8 Å². The summed E-state index contributed by atoms with van der Waals surface area (Å²) in [4.78, 5) is 31.4. The lowest BCUT2D eigenvalue weighted by Crippen LogP contribution is -2.51. The number of benzene rings is 2. The van der Waals surface area contributed by atoms with Crippen molar-refractivity contribution in [2.24, 2.45) is 5.92 Å². The molecule has 0 spiro atoms. The molecule has 3 rings (SSSR count). The topological polar surface area (TPSA) is 139 Å². The van der Waals surface area contributed by atoms with Crippen LogP contribution in [0.3, 0.4) is 0 Å². The highest BCUT2D eigenvalue weighted by Gasteiger charge is 2.31. The normalized spacial score (nSPS) is 13.2. The maximum atomic E-state index is 13.5. The Balaban J connectivity index is 1.79. The van der Waals surface area contributed by atoms with Gasteiger partial charge in [-0.05, 0) is 30.0 Å². The van der Waals surface area contributed by atoms with Crippen molar-refractivity contribution >= 4 is 22.4 Å². The summed E-state index contributed by atoms with van der Waals surface area (Å²) >= 11 is 0. The van der Waals surface area contributed by atoms with Crippen LogP contribution in [0.25, 0.3) is 0 Å². The van der Waals surface area contributed by atoms with Gasteiger partial charge in [-0.25, -0.2) is 23.2 Å². The van der Waals surface area contributed by atoms with Gasteiger partial charge in [-0.2, -0.15) is 4.31 Å². The minimum absolute atomic E-state index is 0.00742. The summed E-state index contributed by atoms with van der Waals surface area (Å²) in [5, 5.41) is 13.9. The molecule has 0 fully saturated rings. The van der Waals surface area contributed by atoms with Gasteiger partial charge >= 0.3 is 6.09 Å². The first-order chi connectivity index (χ1) is 18.2. The Hall–Kier alpha value is -3.67. The van der Waals surface area contributed by atoms with Crippen molar-refractivity contribution in [2.45, 2.75) is 43.9 Å². The zero-order valence-corrected chi connectivity index (χ0v) is 22.1.